The Balaban J connectivity index is 2.28. The number of aromatic nitrogens is 1. The van der Waals surface area contributed by atoms with Gasteiger partial charge in [-0.05, 0) is 37.3 Å². The van der Waals surface area contributed by atoms with Gasteiger partial charge in [-0.1, -0.05) is 11.6 Å². The Morgan fingerprint density at radius 2 is 2.10 bits per heavy atom. The van der Waals surface area contributed by atoms with Gasteiger partial charge >= 0.3 is 0 Å². The first kappa shape index (κ1) is 14.2. The zero-order valence-corrected chi connectivity index (χ0v) is 11.3. The van der Waals surface area contributed by atoms with E-state index in [-0.39, 0.29) is 10.7 Å². The van der Waals surface area contributed by atoms with Gasteiger partial charge in [0, 0.05) is 11.3 Å². The number of benzene rings is 1. The molecule has 0 bridgehead atoms. The number of hydrogen-bond donors (Lipinski definition) is 3. The molecular weight excluding hydrogens is 283 g/mol. The highest BCUT2D eigenvalue weighted by atomic mass is 35.5. The molecule has 7 heteroatoms. The summed E-state index contributed by atoms with van der Waals surface area (Å²) in [6.07, 6.45) is 0. The lowest BCUT2D eigenvalue weighted by Gasteiger charge is -2.09. The van der Waals surface area contributed by atoms with E-state index in [1.54, 1.807) is 13.0 Å². The highest BCUT2D eigenvalue weighted by Gasteiger charge is 2.11. The maximum absolute atomic E-state index is 13.1. The van der Waals surface area contributed by atoms with Crippen LogP contribution in [0.3, 0.4) is 0 Å². The van der Waals surface area contributed by atoms with Crippen molar-refractivity contribution in [2.24, 2.45) is 5.84 Å². The van der Waals surface area contributed by atoms with Crippen LogP contribution in [-0.4, -0.2) is 10.9 Å². The number of amides is 1. The number of carbonyl (C=O) groups excluding carboxylic acids is 1. The normalized spacial score (nSPS) is 10.2. The van der Waals surface area contributed by atoms with Gasteiger partial charge in [-0.2, -0.15) is 0 Å². The van der Waals surface area contributed by atoms with Crippen molar-refractivity contribution >= 4 is 29.0 Å². The smallest absolute Gasteiger partial charge is 0.255 e. The van der Waals surface area contributed by atoms with Gasteiger partial charge in [-0.25, -0.2) is 15.2 Å². The summed E-state index contributed by atoms with van der Waals surface area (Å²) in [6, 6.07) is 6.80. The molecule has 4 N–H and O–H groups in total. The molecule has 0 saturated carbocycles. The van der Waals surface area contributed by atoms with E-state index in [2.05, 4.69) is 15.7 Å². The highest BCUT2D eigenvalue weighted by molar-refractivity contribution is 6.33. The topological polar surface area (TPSA) is 80.0 Å². The summed E-state index contributed by atoms with van der Waals surface area (Å²) >= 11 is 5.89. The standard InChI is InChI=1S/C13H12ClFN4O/c1-7-4-8(5-12(17-7)19-16)13(20)18-11-6-9(15)2-3-10(11)14/h2-6H,16H2,1H3,(H,17,19)(H,18,20). The van der Waals surface area contributed by atoms with Crippen LogP contribution in [0.25, 0.3) is 0 Å². The summed E-state index contributed by atoms with van der Waals surface area (Å²) < 4.78 is 13.1. The van der Waals surface area contributed by atoms with Crippen LogP contribution in [0.15, 0.2) is 30.3 Å². The predicted molar refractivity (Wildman–Crippen MR) is 76.1 cm³/mol. The van der Waals surface area contributed by atoms with Crippen LogP contribution < -0.4 is 16.6 Å². The molecule has 1 heterocycles. The van der Waals surface area contributed by atoms with E-state index in [1.807, 2.05) is 0 Å². The molecule has 104 valence electrons. The lowest BCUT2D eigenvalue weighted by atomic mass is 10.2. The van der Waals surface area contributed by atoms with E-state index in [1.165, 1.54) is 18.2 Å². The molecule has 0 radical (unpaired) electrons. The average Bonchev–Trinajstić information content (AvgIpc) is 2.42. The molecule has 0 fully saturated rings. The van der Waals surface area contributed by atoms with Gasteiger partial charge < -0.3 is 10.7 Å². The third-order valence-corrected chi connectivity index (χ3v) is 2.87. The Bertz CT molecular complexity index is 663. The molecule has 1 aromatic carbocycles. The number of anilines is 2. The molecule has 1 aromatic heterocycles. The Morgan fingerprint density at radius 1 is 1.35 bits per heavy atom. The minimum atomic E-state index is -0.486. The summed E-state index contributed by atoms with van der Waals surface area (Å²) in [5.74, 6) is 4.71. The second kappa shape index (κ2) is 5.85. The molecule has 2 aromatic rings. The molecule has 0 atom stereocenters. The van der Waals surface area contributed by atoms with Crippen molar-refractivity contribution in [2.75, 3.05) is 10.7 Å². The lowest BCUT2D eigenvalue weighted by Crippen LogP contribution is -2.15. The largest absolute Gasteiger partial charge is 0.321 e. The van der Waals surface area contributed by atoms with Crippen molar-refractivity contribution in [3.63, 3.8) is 0 Å². The number of halogens is 2. The van der Waals surface area contributed by atoms with Crippen molar-refractivity contribution in [1.29, 1.82) is 0 Å². The van der Waals surface area contributed by atoms with E-state index in [9.17, 15) is 9.18 Å². The first-order chi connectivity index (χ1) is 9.49. The Hall–Kier alpha value is -2.18. The number of nitrogens with two attached hydrogens (primary N) is 1. The minimum absolute atomic E-state index is 0.202. The van der Waals surface area contributed by atoms with Gasteiger partial charge in [0.25, 0.3) is 5.91 Å². The number of pyridine rings is 1. The van der Waals surface area contributed by atoms with Gasteiger partial charge in [-0.15, -0.1) is 0 Å². The number of rotatable bonds is 3. The van der Waals surface area contributed by atoms with Crippen LogP contribution in [-0.2, 0) is 0 Å². The summed E-state index contributed by atoms with van der Waals surface area (Å²) in [5.41, 5.74) is 3.53. The predicted octanol–water partition coefficient (Wildman–Crippen LogP) is 2.72. The molecule has 0 aliphatic carbocycles. The fourth-order valence-electron chi connectivity index (χ4n) is 1.66. The molecule has 0 aliphatic rings. The number of carbonyl (C=O) groups is 1. The fraction of sp³-hybridized carbons (Fsp3) is 0.0769. The van der Waals surface area contributed by atoms with Gasteiger partial charge in [0.1, 0.15) is 11.6 Å². The summed E-state index contributed by atoms with van der Waals surface area (Å²) in [4.78, 5) is 16.2. The van der Waals surface area contributed by atoms with Crippen molar-refractivity contribution in [3.8, 4) is 0 Å². The SMILES string of the molecule is Cc1cc(C(=O)Nc2cc(F)ccc2Cl)cc(NN)n1. The molecular formula is C13H12ClFN4O. The Kier molecular flexibility index (Phi) is 4.16. The molecule has 20 heavy (non-hydrogen) atoms. The Labute approximate surface area is 119 Å². The van der Waals surface area contributed by atoms with Crippen LogP contribution in [0.4, 0.5) is 15.9 Å². The van der Waals surface area contributed by atoms with Gasteiger partial charge in [0.2, 0.25) is 0 Å². The van der Waals surface area contributed by atoms with Crippen LogP contribution >= 0.6 is 11.6 Å². The van der Waals surface area contributed by atoms with Crippen molar-refractivity contribution < 1.29 is 9.18 Å². The lowest BCUT2D eigenvalue weighted by molar-refractivity contribution is 0.102. The fourth-order valence-corrected chi connectivity index (χ4v) is 1.83. The summed E-state index contributed by atoms with van der Waals surface area (Å²) in [6.45, 7) is 1.73. The van der Waals surface area contributed by atoms with E-state index in [0.29, 0.717) is 17.1 Å². The maximum atomic E-state index is 13.1. The monoisotopic (exact) mass is 294 g/mol. The molecule has 0 spiro atoms. The number of hydrazine groups is 1. The minimum Gasteiger partial charge on any atom is -0.321 e. The number of hydrogen-bond acceptors (Lipinski definition) is 4. The van der Waals surface area contributed by atoms with Crippen molar-refractivity contribution in [2.45, 2.75) is 6.92 Å². The van der Waals surface area contributed by atoms with Crippen LogP contribution in [0, 0.1) is 12.7 Å². The van der Waals surface area contributed by atoms with Crippen molar-refractivity contribution in [3.05, 3.63) is 52.4 Å². The zero-order chi connectivity index (χ0) is 14.7. The molecule has 1 amide bonds. The summed E-state index contributed by atoms with van der Waals surface area (Å²) in [7, 11) is 0. The molecule has 0 saturated heterocycles. The van der Waals surface area contributed by atoms with Crippen molar-refractivity contribution in [1.82, 2.24) is 4.98 Å². The Morgan fingerprint density at radius 3 is 2.80 bits per heavy atom. The second-order valence-electron chi connectivity index (χ2n) is 4.11. The molecule has 0 unspecified atom stereocenters. The summed E-state index contributed by atoms with van der Waals surface area (Å²) in [5, 5.41) is 2.79. The van der Waals surface area contributed by atoms with E-state index >= 15 is 0 Å². The number of nitrogens with zero attached hydrogens (tertiary/aromatic N) is 1. The maximum Gasteiger partial charge on any atom is 0.255 e. The molecule has 0 aliphatic heterocycles. The second-order valence-corrected chi connectivity index (χ2v) is 4.51. The van der Waals surface area contributed by atoms with Gasteiger partial charge in [-0.3, -0.25) is 4.79 Å². The number of nitrogens with one attached hydrogen (secondary N) is 2. The van der Waals surface area contributed by atoms with Crippen LogP contribution in [0.2, 0.25) is 5.02 Å². The number of aryl methyl sites for hydroxylation is 1. The average molecular weight is 295 g/mol. The van der Waals surface area contributed by atoms with Gasteiger partial charge in [0.15, 0.2) is 0 Å². The van der Waals surface area contributed by atoms with Crippen LogP contribution in [0.1, 0.15) is 16.1 Å². The van der Waals surface area contributed by atoms with Crippen LogP contribution in [0.5, 0.6) is 0 Å². The molecule has 5 nitrogen and oxygen atoms in total. The highest BCUT2D eigenvalue weighted by Crippen LogP contribution is 2.23. The zero-order valence-electron chi connectivity index (χ0n) is 10.6. The van der Waals surface area contributed by atoms with E-state index < -0.39 is 11.7 Å². The van der Waals surface area contributed by atoms with E-state index in [4.69, 9.17) is 17.4 Å². The first-order valence-corrected chi connectivity index (χ1v) is 6.09. The van der Waals surface area contributed by atoms with E-state index in [0.717, 1.165) is 6.07 Å². The third kappa shape index (κ3) is 3.23. The van der Waals surface area contributed by atoms with Gasteiger partial charge in [0.05, 0.1) is 10.7 Å². The number of nitrogen functional groups attached to an aromatic ring is 1. The first-order valence-electron chi connectivity index (χ1n) is 5.71. The molecule has 2 rings (SSSR count). The third-order valence-electron chi connectivity index (χ3n) is 2.54. The quantitative estimate of drug-likeness (QED) is 0.600.